The Bertz CT molecular complexity index is 1090. The van der Waals surface area contributed by atoms with Gasteiger partial charge in [-0.15, -0.1) is 0 Å². The summed E-state index contributed by atoms with van der Waals surface area (Å²) in [6.07, 6.45) is 2.25. The van der Waals surface area contributed by atoms with Gasteiger partial charge in [-0.25, -0.2) is 4.79 Å². The summed E-state index contributed by atoms with van der Waals surface area (Å²) in [6.45, 7) is 22.4. The maximum Gasteiger partial charge on any atom is 0.315 e. The fourth-order valence-corrected chi connectivity index (χ4v) is 6.36. The standard InChI is InChI=1S/C33H60N6O6/c1-12-38(13-2)28(43)24(31(4,5)6)36-30(45)37-25(32(7,8)9)29(44)39-18-33(10,11)19(3)22(39)27(42)35-21(23(40)26(34)41)17-20-15-14-16-20/h19-22,24-25,28,43H,12-18H2,1-11H3,(H2,34,41)(H,35,42)(H2,36,37,45)/t19-,21?,22-,24+,25+,28?/m0/s1. The normalized spacial score (nSPS) is 23.0. The molecule has 45 heavy (non-hydrogen) atoms. The Balaban J connectivity index is 2.37. The topological polar surface area (TPSA) is 174 Å². The van der Waals surface area contributed by atoms with Crippen LogP contribution in [0.25, 0.3) is 0 Å². The van der Waals surface area contributed by atoms with Crippen LogP contribution in [0, 0.1) is 28.1 Å². The van der Waals surface area contributed by atoms with E-state index in [2.05, 4.69) is 16.0 Å². The second kappa shape index (κ2) is 14.8. The number of urea groups is 1. The van der Waals surface area contributed by atoms with Crippen LogP contribution in [0.3, 0.4) is 0 Å². The average molecular weight is 637 g/mol. The summed E-state index contributed by atoms with van der Waals surface area (Å²) in [7, 11) is 0. The first-order valence-electron chi connectivity index (χ1n) is 16.5. The van der Waals surface area contributed by atoms with Crippen LogP contribution in [0.4, 0.5) is 4.79 Å². The minimum atomic E-state index is -1.10. The van der Waals surface area contributed by atoms with Gasteiger partial charge in [0.05, 0.1) is 12.1 Å². The van der Waals surface area contributed by atoms with Crippen LogP contribution in [0.1, 0.15) is 102 Å². The van der Waals surface area contributed by atoms with Gasteiger partial charge < -0.3 is 31.7 Å². The lowest BCUT2D eigenvalue weighted by Gasteiger charge is -2.41. The summed E-state index contributed by atoms with van der Waals surface area (Å²) < 4.78 is 0. The number of rotatable bonds is 13. The summed E-state index contributed by atoms with van der Waals surface area (Å²) in [6, 6.07) is -4.25. The highest BCUT2D eigenvalue weighted by Gasteiger charge is 2.52. The second-order valence-corrected chi connectivity index (χ2v) is 15.9. The molecule has 0 spiro atoms. The number of carbonyl (C=O) groups is 5. The molecule has 1 aliphatic heterocycles. The van der Waals surface area contributed by atoms with Gasteiger partial charge in [0.15, 0.2) is 0 Å². The van der Waals surface area contributed by atoms with E-state index in [9.17, 15) is 29.1 Å². The molecular weight excluding hydrogens is 576 g/mol. The van der Waals surface area contributed by atoms with E-state index in [1.807, 2.05) is 81.1 Å². The third-order valence-electron chi connectivity index (χ3n) is 9.93. The number of ketones is 1. The molecule has 0 aromatic carbocycles. The molecule has 6 atom stereocenters. The third kappa shape index (κ3) is 9.40. The van der Waals surface area contributed by atoms with Gasteiger partial charge in [-0.3, -0.25) is 24.1 Å². The summed E-state index contributed by atoms with van der Waals surface area (Å²) >= 11 is 0. The Morgan fingerprint density at radius 2 is 1.51 bits per heavy atom. The van der Waals surface area contributed by atoms with E-state index in [1.54, 1.807) is 0 Å². The highest BCUT2D eigenvalue weighted by atomic mass is 16.3. The monoisotopic (exact) mass is 636 g/mol. The van der Waals surface area contributed by atoms with Crippen molar-refractivity contribution < 1.29 is 29.1 Å². The zero-order valence-corrected chi connectivity index (χ0v) is 29.5. The van der Waals surface area contributed by atoms with Gasteiger partial charge in [-0.2, -0.15) is 0 Å². The molecule has 0 aromatic rings. The van der Waals surface area contributed by atoms with E-state index < -0.39 is 76.2 Å². The maximum absolute atomic E-state index is 14.4. The van der Waals surface area contributed by atoms with Gasteiger partial charge in [-0.1, -0.05) is 95.4 Å². The molecule has 0 bridgehead atoms. The number of amides is 5. The largest absolute Gasteiger partial charge is 0.376 e. The van der Waals surface area contributed by atoms with Crippen LogP contribution in [0.15, 0.2) is 0 Å². The summed E-state index contributed by atoms with van der Waals surface area (Å²) in [5, 5.41) is 19.7. The SMILES string of the molecule is CCN(CC)C(O)[C@@H](NC(=O)N[C@H](C(=O)N1CC(C)(C)[C@@H](C)[C@H]1C(=O)NC(CC1CCC1)C(=O)C(N)=O)C(C)(C)C)C(C)(C)C. The predicted octanol–water partition coefficient (Wildman–Crippen LogP) is 2.38. The molecule has 1 aliphatic carbocycles. The van der Waals surface area contributed by atoms with Gasteiger partial charge in [0.2, 0.25) is 17.6 Å². The number of nitrogens with zero attached hydrogens (tertiary/aromatic N) is 2. The first-order valence-corrected chi connectivity index (χ1v) is 16.5. The molecule has 0 radical (unpaired) electrons. The number of nitrogens with two attached hydrogens (primary N) is 1. The van der Waals surface area contributed by atoms with Crippen molar-refractivity contribution >= 4 is 29.5 Å². The quantitative estimate of drug-likeness (QED) is 0.152. The molecule has 12 heteroatoms. The Morgan fingerprint density at radius 1 is 0.956 bits per heavy atom. The zero-order chi connectivity index (χ0) is 34.7. The van der Waals surface area contributed by atoms with Crippen molar-refractivity contribution in [2.24, 2.45) is 33.8 Å². The second-order valence-electron chi connectivity index (χ2n) is 15.9. The number of aliphatic hydroxyl groups excluding tert-OH is 1. The van der Waals surface area contributed by atoms with Crippen LogP contribution >= 0.6 is 0 Å². The summed E-state index contributed by atoms with van der Waals surface area (Å²) in [5.41, 5.74) is 3.63. The number of likely N-dealkylation sites (tertiary alicyclic amines) is 1. The number of aliphatic hydroxyl groups is 1. The van der Waals surface area contributed by atoms with Gasteiger partial charge >= 0.3 is 6.03 Å². The van der Waals surface area contributed by atoms with Crippen molar-refractivity contribution in [3.8, 4) is 0 Å². The first-order chi connectivity index (χ1) is 20.6. The molecule has 1 heterocycles. The van der Waals surface area contributed by atoms with Crippen molar-refractivity contribution in [3.05, 3.63) is 0 Å². The molecule has 2 aliphatic rings. The molecule has 1 saturated carbocycles. The van der Waals surface area contributed by atoms with Crippen molar-refractivity contribution in [3.63, 3.8) is 0 Å². The fraction of sp³-hybridized carbons (Fsp3) is 0.848. The van der Waals surface area contributed by atoms with E-state index in [4.69, 9.17) is 5.73 Å². The molecule has 2 rings (SSSR count). The van der Waals surface area contributed by atoms with Crippen LogP contribution < -0.4 is 21.7 Å². The fourth-order valence-electron chi connectivity index (χ4n) is 6.36. The minimum Gasteiger partial charge on any atom is -0.376 e. The average Bonchev–Trinajstić information content (AvgIpc) is 3.13. The summed E-state index contributed by atoms with van der Waals surface area (Å²) in [5.74, 6) is -2.96. The number of hydrogen-bond donors (Lipinski definition) is 5. The van der Waals surface area contributed by atoms with E-state index in [0.29, 0.717) is 19.5 Å². The van der Waals surface area contributed by atoms with Crippen LogP contribution in [0.5, 0.6) is 0 Å². The van der Waals surface area contributed by atoms with Gasteiger partial charge in [0.1, 0.15) is 18.3 Å². The smallest absolute Gasteiger partial charge is 0.315 e. The first kappa shape index (κ1) is 38.5. The molecular formula is C33H60N6O6. The van der Waals surface area contributed by atoms with Crippen molar-refractivity contribution in [1.82, 2.24) is 25.8 Å². The molecule has 1 saturated heterocycles. The number of hydrogen-bond acceptors (Lipinski definition) is 7. The molecule has 12 nitrogen and oxygen atoms in total. The maximum atomic E-state index is 14.4. The Kier molecular flexibility index (Phi) is 12.6. The molecule has 258 valence electrons. The summed E-state index contributed by atoms with van der Waals surface area (Å²) in [4.78, 5) is 69.6. The lowest BCUT2D eigenvalue weighted by Crippen LogP contribution is -2.63. The predicted molar refractivity (Wildman–Crippen MR) is 174 cm³/mol. The van der Waals surface area contributed by atoms with E-state index in [-0.39, 0.29) is 18.4 Å². The van der Waals surface area contributed by atoms with E-state index >= 15 is 0 Å². The highest BCUT2D eigenvalue weighted by Crippen LogP contribution is 2.41. The molecule has 2 fully saturated rings. The van der Waals surface area contributed by atoms with Gasteiger partial charge in [0.25, 0.3) is 5.91 Å². The van der Waals surface area contributed by atoms with Gasteiger partial charge in [0, 0.05) is 6.54 Å². The van der Waals surface area contributed by atoms with Crippen molar-refractivity contribution in [1.29, 1.82) is 0 Å². The lowest BCUT2D eigenvalue weighted by molar-refractivity contribution is -0.144. The number of nitrogens with one attached hydrogen (secondary N) is 3. The molecule has 5 amide bonds. The van der Waals surface area contributed by atoms with Gasteiger partial charge in [-0.05, 0) is 47.6 Å². The number of Topliss-reactive ketones (excluding diaryl/α,β-unsaturated/α-hetero) is 1. The minimum absolute atomic E-state index is 0.221. The number of carbonyl (C=O) groups excluding carboxylic acids is 5. The van der Waals surface area contributed by atoms with Crippen molar-refractivity contribution in [2.45, 2.75) is 132 Å². The number of primary amides is 1. The van der Waals surface area contributed by atoms with Crippen molar-refractivity contribution in [2.75, 3.05) is 19.6 Å². The Morgan fingerprint density at radius 3 is 1.93 bits per heavy atom. The van der Waals surface area contributed by atoms with Crippen LogP contribution in [-0.2, 0) is 19.2 Å². The van der Waals surface area contributed by atoms with Crippen LogP contribution in [0.2, 0.25) is 0 Å². The highest BCUT2D eigenvalue weighted by molar-refractivity contribution is 6.37. The molecule has 0 aromatic heterocycles. The van der Waals surface area contributed by atoms with E-state index in [1.165, 1.54) is 4.90 Å². The lowest BCUT2D eigenvalue weighted by atomic mass is 9.79. The Labute approximate surface area is 270 Å². The molecule has 2 unspecified atom stereocenters. The zero-order valence-electron chi connectivity index (χ0n) is 29.5. The van der Waals surface area contributed by atoms with E-state index in [0.717, 1.165) is 19.3 Å². The van der Waals surface area contributed by atoms with Crippen LogP contribution in [-0.4, -0.2) is 94.5 Å². The Hall–Kier alpha value is -2.73. The number of likely N-dealkylation sites (N-methyl/N-ethyl adjacent to an activating group) is 1. The molecule has 6 N–H and O–H groups in total. The third-order valence-corrected chi connectivity index (χ3v) is 9.93.